The molecule has 7 nitrogen and oxygen atoms in total. The van der Waals surface area contributed by atoms with Crippen molar-refractivity contribution >= 4 is 17.3 Å². The van der Waals surface area contributed by atoms with Crippen molar-refractivity contribution in [1.29, 1.82) is 0 Å². The molecule has 1 amide bonds. The number of piperazine rings is 1. The molecule has 11 heteroatoms. The van der Waals surface area contributed by atoms with Gasteiger partial charge in [-0.1, -0.05) is 0 Å². The van der Waals surface area contributed by atoms with Crippen LogP contribution in [0.4, 0.5) is 28.9 Å². The van der Waals surface area contributed by atoms with Crippen LogP contribution in [0, 0.1) is 15.9 Å². The second-order valence-electron chi connectivity index (χ2n) is 7.41. The van der Waals surface area contributed by atoms with Gasteiger partial charge >= 0.3 is 6.18 Å². The molecule has 0 saturated carbocycles. The van der Waals surface area contributed by atoms with Gasteiger partial charge in [0, 0.05) is 37.8 Å². The van der Waals surface area contributed by atoms with Gasteiger partial charge in [0.05, 0.1) is 10.5 Å². The third-order valence-electron chi connectivity index (χ3n) is 5.35. The van der Waals surface area contributed by atoms with Crippen molar-refractivity contribution in [3.63, 3.8) is 0 Å². The Kier molecular flexibility index (Phi) is 5.79. The number of furan rings is 1. The van der Waals surface area contributed by atoms with E-state index >= 15 is 0 Å². The highest BCUT2D eigenvalue weighted by Crippen LogP contribution is 2.37. The predicted octanol–water partition coefficient (Wildman–Crippen LogP) is 4.98. The molecule has 3 aromatic rings. The van der Waals surface area contributed by atoms with Gasteiger partial charge < -0.3 is 14.2 Å². The van der Waals surface area contributed by atoms with Crippen LogP contribution in [0.15, 0.2) is 59.0 Å². The molecule has 0 radical (unpaired) electrons. The number of carbonyl (C=O) groups is 1. The Labute approximate surface area is 185 Å². The van der Waals surface area contributed by atoms with Crippen LogP contribution in [0.1, 0.15) is 16.1 Å². The Bertz CT molecular complexity index is 1180. The van der Waals surface area contributed by atoms with Crippen molar-refractivity contribution in [2.24, 2.45) is 0 Å². The summed E-state index contributed by atoms with van der Waals surface area (Å²) in [7, 11) is 0. The lowest BCUT2D eigenvalue weighted by molar-refractivity contribution is -0.384. The SMILES string of the molecule is O=C(c1ccc(-c2ccc(F)cc2)o1)N1CCN(c2ccc(C(F)(F)F)cc2[N+](=O)[O-])CC1. The summed E-state index contributed by atoms with van der Waals surface area (Å²) in [6, 6.07) is 11.1. The third-order valence-corrected chi connectivity index (χ3v) is 5.35. The van der Waals surface area contributed by atoms with E-state index in [1.165, 1.54) is 35.2 Å². The minimum Gasteiger partial charge on any atom is -0.451 e. The molecule has 1 aromatic heterocycles. The number of nitro groups is 1. The van der Waals surface area contributed by atoms with Crippen molar-refractivity contribution < 1.29 is 31.7 Å². The molecule has 0 atom stereocenters. The summed E-state index contributed by atoms with van der Waals surface area (Å²) in [5, 5.41) is 11.4. The Balaban J connectivity index is 1.45. The molecular weight excluding hydrogens is 446 g/mol. The normalized spacial score (nSPS) is 14.4. The average molecular weight is 463 g/mol. The number of anilines is 1. The second-order valence-corrected chi connectivity index (χ2v) is 7.41. The Hall–Kier alpha value is -3.89. The van der Waals surface area contributed by atoms with Crippen LogP contribution in [-0.4, -0.2) is 41.9 Å². The molecule has 1 aliphatic rings. The topological polar surface area (TPSA) is 79.8 Å². The van der Waals surface area contributed by atoms with Crippen LogP contribution in [0.2, 0.25) is 0 Å². The first-order chi connectivity index (χ1) is 15.6. The van der Waals surface area contributed by atoms with Crippen LogP contribution in [-0.2, 0) is 6.18 Å². The fourth-order valence-corrected chi connectivity index (χ4v) is 3.64. The van der Waals surface area contributed by atoms with E-state index in [4.69, 9.17) is 4.42 Å². The zero-order valence-corrected chi connectivity index (χ0v) is 17.0. The monoisotopic (exact) mass is 463 g/mol. The number of rotatable bonds is 4. The Morgan fingerprint density at radius 2 is 1.64 bits per heavy atom. The lowest BCUT2D eigenvalue weighted by atomic mass is 10.1. The van der Waals surface area contributed by atoms with E-state index in [-0.39, 0.29) is 43.5 Å². The number of nitro benzene ring substituents is 1. The third kappa shape index (κ3) is 4.66. The number of benzene rings is 2. The van der Waals surface area contributed by atoms with Gasteiger partial charge in [-0.15, -0.1) is 0 Å². The first-order valence-corrected chi connectivity index (χ1v) is 9.89. The van der Waals surface area contributed by atoms with Gasteiger partial charge in [-0.25, -0.2) is 4.39 Å². The van der Waals surface area contributed by atoms with E-state index in [1.54, 1.807) is 11.0 Å². The van der Waals surface area contributed by atoms with E-state index in [0.717, 1.165) is 12.1 Å². The lowest BCUT2D eigenvalue weighted by Crippen LogP contribution is -2.48. The van der Waals surface area contributed by atoms with Crippen molar-refractivity contribution in [1.82, 2.24) is 4.90 Å². The van der Waals surface area contributed by atoms with Crippen LogP contribution in [0.3, 0.4) is 0 Å². The minimum atomic E-state index is -4.69. The van der Waals surface area contributed by atoms with Gasteiger partial charge in [0.1, 0.15) is 17.3 Å². The first kappa shape index (κ1) is 22.3. The smallest absolute Gasteiger partial charge is 0.416 e. The first-order valence-electron chi connectivity index (χ1n) is 9.89. The average Bonchev–Trinajstić information content (AvgIpc) is 3.28. The molecule has 4 rings (SSSR count). The number of alkyl halides is 3. The molecule has 0 unspecified atom stereocenters. The summed E-state index contributed by atoms with van der Waals surface area (Å²) >= 11 is 0. The summed E-state index contributed by atoms with van der Waals surface area (Å²) in [4.78, 5) is 26.4. The van der Waals surface area contributed by atoms with Crippen LogP contribution in [0.5, 0.6) is 0 Å². The molecule has 1 saturated heterocycles. The maximum Gasteiger partial charge on any atom is 0.416 e. The number of carbonyl (C=O) groups excluding carboxylic acids is 1. The van der Waals surface area contributed by atoms with Crippen LogP contribution < -0.4 is 4.90 Å². The number of halogens is 4. The highest BCUT2D eigenvalue weighted by atomic mass is 19.4. The zero-order chi connectivity index (χ0) is 23.8. The predicted molar refractivity (Wildman–Crippen MR) is 110 cm³/mol. The molecule has 1 fully saturated rings. The van der Waals surface area contributed by atoms with Gasteiger partial charge in [0.25, 0.3) is 11.6 Å². The summed E-state index contributed by atoms with van der Waals surface area (Å²) in [6.45, 7) is 0.792. The quantitative estimate of drug-likeness (QED) is 0.310. The molecule has 0 spiro atoms. The highest BCUT2D eigenvalue weighted by molar-refractivity contribution is 5.92. The van der Waals surface area contributed by atoms with E-state index in [1.807, 2.05) is 0 Å². The lowest BCUT2D eigenvalue weighted by Gasteiger charge is -2.35. The highest BCUT2D eigenvalue weighted by Gasteiger charge is 2.34. The molecular formula is C22H17F4N3O4. The van der Waals surface area contributed by atoms with Gasteiger partial charge in [0.2, 0.25) is 0 Å². The van der Waals surface area contributed by atoms with E-state index in [0.29, 0.717) is 17.4 Å². The van der Waals surface area contributed by atoms with Crippen LogP contribution >= 0.6 is 0 Å². The summed E-state index contributed by atoms with van der Waals surface area (Å²) in [5.41, 5.74) is -1.06. The van der Waals surface area contributed by atoms with Crippen molar-refractivity contribution in [3.8, 4) is 11.3 Å². The molecule has 1 aliphatic heterocycles. The summed E-state index contributed by atoms with van der Waals surface area (Å²) in [5.74, 6) is -0.293. The van der Waals surface area contributed by atoms with E-state index in [2.05, 4.69) is 0 Å². The molecule has 0 bridgehead atoms. The Morgan fingerprint density at radius 3 is 2.24 bits per heavy atom. The molecule has 0 N–H and O–H groups in total. The van der Waals surface area contributed by atoms with Gasteiger partial charge in [-0.05, 0) is 48.5 Å². The minimum absolute atomic E-state index is 0.0664. The Morgan fingerprint density at radius 1 is 0.970 bits per heavy atom. The standard InChI is InChI=1S/C22H17F4N3O4/c23-16-4-1-14(2-5-16)19-7-8-20(33-19)21(30)28-11-9-27(10-12-28)17-6-3-15(22(24,25)26)13-18(17)29(31)32/h1-8,13H,9-12H2. The molecule has 2 aromatic carbocycles. The van der Waals surface area contributed by atoms with Crippen LogP contribution in [0.25, 0.3) is 11.3 Å². The van der Waals surface area contributed by atoms with E-state index in [9.17, 15) is 32.5 Å². The fraction of sp³-hybridized carbons (Fsp3) is 0.227. The largest absolute Gasteiger partial charge is 0.451 e. The maximum atomic E-state index is 13.1. The number of nitrogens with zero attached hydrogens (tertiary/aromatic N) is 3. The number of amides is 1. The molecule has 33 heavy (non-hydrogen) atoms. The summed E-state index contributed by atoms with van der Waals surface area (Å²) < 4.78 is 57.5. The van der Waals surface area contributed by atoms with Crippen molar-refractivity contribution in [3.05, 3.63) is 81.9 Å². The zero-order valence-electron chi connectivity index (χ0n) is 17.0. The number of hydrogen-bond donors (Lipinski definition) is 0. The summed E-state index contributed by atoms with van der Waals surface area (Å²) in [6.07, 6.45) is -4.69. The van der Waals surface area contributed by atoms with E-state index < -0.39 is 28.2 Å². The fourth-order valence-electron chi connectivity index (χ4n) is 3.64. The maximum absolute atomic E-state index is 13.1. The van der Waals surface area contributed by atoms with Gasteiger partial charge in [0.15, 0.2) is 5.76 Å². The van der Waals surface area contributed by atoms with Crippen molar-refractivity contribution in [2.75, 3.05) is 31.1 Å². The molecule has 0 aliphatic carbocycles. The molecule has 2 heterocycles. The van der Waals surface area contributed by atoms with Gasteiger partial charge in [-0.2, -0.15) is 13.2 Å². The number of hydrogen-bond acceptors (Lipinski definition) is 5. The second kappa shape index (κ2) is 8.57. The van der Waals surface area contributed by atoms with Crippen molar-refractivity contribution in [2.45, 2.75) is 6.18 Å². The van der Waals surface area contributed by atoms with Gasteiger partial charge in [-0.3, -0.25) is 14.9 Å². The molecule has 172 valence electrons.